The van der Waals surface area contributed by atoms with Crippen molar-refractivity contribution in [3.63, 3.8) is 0 Å². The zero-order valence-corrected chi connectivity index (χ0v) is 14.6. The smallest absolute Gasteiger partial charge is 0.308 e. The van der Waals surface area contributed by atoms with Crippen molar-refractivity contribution in [3.05, 3.63) is 35.9 Å². The van der Waals surface area contributed by atoms with Crippen LogP contribution in [0.5, 0.6) is 0 Å². The highest BCUT2D eigenvalue weighted by molar-refractivity contribution is 5.85. The fraction of sp³-hybridized carbons (Fsp3) is 0.556. The molecule has 6 heteroatoms. The van der Waals surface area contributed by atoms with E-state index in [4.69, 9.17) is 5.11 Å². The van der Waals surface area contributed by atoms with Crippen LogP contribution in [0.1, 0.15) is 31.2 Å². The molecular weight excluding hydrogens is 328 g/mol. The molecule has 1 N–H and O–H groups in total. The number of carbonyl (C=O) groups is 2. The maximum Gasteiger partial charge on any atom is 0.308 e. The predicted molar refractivity (Wildman–Crippen MR) is 94.1 cm³/mol. The van der Waals surface area contributed by atoms with Crippen LogP contribution in [0.15, 0.2) is 30.3 Å². The third-order valence-electron chi connectivity index (χ3n) is 4.98. The number of carboxylic acid groups (broad SMARTS) is 1. The average molecular weight is 353 g/mol. The molecule has 2 aliphatic rings. The van der Waals surface area contributed by atoms with Gasteiger partial charge in [0.05, 0.1) is 12.0 Å². The van der Waals surface area contributed by atoms with E-state index in [0.717, 1.165) is 32.4 Å². The Morgan fingerprint density at radius 1 is 1.08 bits per heavy atom. The second-order valence-corrected chi connectivity index (χ2v) is 6.58. The van der Waals surface area contributed by atoms with Crippen molar-refractivity contribution in [1.29, 1.82) is 0 Å². The van der Waals surface area contributed by atoms with Gasteiger partial charge >= 0.3 is 5.97 Å². The van der Waals surface area contributed by atoms with Crippen LogP contribution < -0.4 is 0 Å². The summed E-state index contributed by atoms with van der Waals surface area (Å²) in [5, 5.41) is 9.12. The van der Waals surface area contributed by atoms with E-state index in [1.165, 1.54) is 5.56 Å². The second-order valence-electron chi connectivity index (χ2n) is 6.58. The van der Waals surface area contributed by atoms with Crippen molar-refractivity contribution < 1.29 is 14.7 Å². The Hall–Kier alpha value is -1.59. The lowest BCUT2D eigenvalue weighted by atomic mass is 10.00. The number of hydrogen-bond acceptors (Lipinski definition) is 3. The molecule has 0 radical (unpaired) electrons. The number of aliphatic carboxylic acids is 1. The molecule has 1 aromatic rings. The molecule has 1 amide bonds. The van der Waals surface area contributed by atoms with Gasteiger partial charge in [0.2, 0.25) is 5.91 Å². The second kappa shape index (κ2) is 8.49. The number of benzene rings is 1. The first kappa shape index (κ1) is 18.7. The Kier molecular flexibility index (Phi) is 6.63. The lowest BCUT2D eigenvalue weighted by Gasteiger charge is -2.36. The summed E-state index contributed by atoms with van der Waals surface area (Å²) in [6, 6.07) is 10.1. The third-order valence-corrected chi connectivity index (χ3v) is 4.98. The van der Waals surface area contributed by atoms with Crippen LogP contribution >= 0.6 is 12.4 Å². The van der Waals surface area contributed by atoms with Crippen LogP contribution in [0.2, 0.25) is 0 Å². The van der Waals surface area contributed by atoms with Gasteiger partial charge in [-0.05, 0) is 31.4 Å². The molecule has 1 aromatic carbocycles. The predicted octanol–water partition coefficient (Wildman–Crippen LogP) is 2.40. The van der Waals surface area contributed by atoms with E-state index in [9.17, 15) is 9.59 Å². The van der Waals surface area contributed by atoms with E-state index in [1.807, 2.05) is 18.2 Å². The Bertz CT molecular complexity index is 567. The molecule has 0 spiro atoms. The van der Waals surface area contributed by atoms with Crippen LogP contribution in [-0.4, -0.2) is 52.5 Å². The van der Waals surface area contributed by atoms with E-state index in [1.54, 1.807) is 4.90 Å². The number of nitrogens with zero attached hydrogens (tertiary/aromatic N) is 2. The average Bonchev–Trinajstić information content (AvgIpc) is 3.06. The number of likely N-dealkylation sites (tertiary alicyclic amines) is 2. The normalized spacial score (nSPS) is 24.4. The van der Waals surface area contributed by atoms with Crippen molar-refractivity contribution in [2.24, 2.45) is 5.92 Å². The molecule has 132 valence electrons. The summed E-state index contributed by atoms with van der Waals surface area (Å²) in [6.45, 7) is 2.66. The summed E-state index contributed by atoms with van der Waals surface area (Å²) in [5.74, 6) is -1.07. The topological polar surface area (TPSA) is 60.9 Å². The van der Waals surface area contributed by atoms with E-state index >= 15 is 0 Å². The van der Waals surface area contributed by atoms with Crippen LogP contribution in [0.25, 0.3) is 0 Å². The SMILES string of the molecule is Cl.O=C(O)C1CCN(C(=O)C2CCCCN2Cc2ccccc2)C1. The molecule has 2 saturated heterocycles. The molecule has 5 nitrogen and oxygen atoms in total. The number of rotatable bonds is 4. The summed E-state index contributed by atoms with van der Waals surface area (Å²) in [6.07, 6.45) is 3.64. The fourth-order valence-corrected chi connectivity index (χ4v) is 3.65. The molecule has 3 rings (SSSR count). The molecule has 0 aromatic heterocycles. The lowest BCUT2D eigenvalue weighted by molar-refractivity contribution is -0.142. The third kappa shape index (κ3) is 4.28. The van der Waals surface area contributed by atoms with Gasteiger partial charge in [0.25, 0.3) is 0 Å². The van der Waals surface area contributed by atoms with Gasteiger partial charge in [-0.25, -0.2) is 0 Å². The molecule has 2 heterocycles. The van der Waals surface area contributed by atoms with Crippen molar-refractivity contribution in [1.82, 2.24) is 9.80 Å². The molecular formula is C18H25ClN2O3. The molecule has 0 bridgehead atoms. The van der Waals surface area contributed by atoms with Crippen LogP contribution in [0.3, 0.4) is 0 Å². The highest BCUT2D eigenvalue weighted by Crippen LogP contribution is 2.24. The Morgan fingerprint density at radius 3 is 2.50 bits per heavy atom. The minimum atomic E-state index is -0.787. The number of carbonyl (C=O) groups excluding carboxylic acids is 1. The molecule has 0 saturated carbocycles. The highest BCUT2D eigenvalue weighted by Gasteiger charge is 2.37. The van der Waals surface area contributed by atoms with E-state index in [0.29, 0.717) is 19.5 Å². The fourth-order valence-electron chi connectivity index (χ4n) is 3.65. The molecule has 2 atom stereocenters. The van der Waals surface area contributed by atoms with Gasteiger partial charge in [0.1, 0.15) is 0 Å². The van der Waals surface area contributed by atoms with Crippen LogP contribution in [0, 0.1) is 5.92 Å². The Balaban J connectivity index is 0.00000208. The Labute approximate surface area is 149 Å². The standard InChI is InChI=1S/C18H24N2O3.ClH/c21-17(20-11-9-15(13-20)18(22)23)16-8-4-5-10-19(16)12-14-6-2-1-3-7-14;/h1-3,6-7,15-16H,4-5,8-13H2,(H,22,23);1H. The van der Waals surface area contributed by atoms with E-state index in [2.05, 4.69) is 17.0 Å². The quantitative estimate of drug-likeness (QED) is 0.903. The number of piperidine rings is 1. The molecule has 2 aliphatic heterocycles. The molecule has 0 aliphatic carbocycles. The van der Waals surface area contributed by atoms with Crippen molar-refractivity contribution in [2.45, 2.75) is 38.3 Å². The maximum atomic E-state index is 12.9. The lowest BCUT2D eigenvalue weighted by Crippen LogP contribution is -2.50. The molecule has 2 unspecified atom stereocenters. The van der Waals surface area contributed by atoms with E-state index < -0.39 is 11.9 Å². The van der Waals surface area contributed by atoms with Gasteiger partial charge in [-0.3, -0.25) is 14.5 Å². The summed E-state index contributed by atoms with van der Waals surface area (Å²) < 4.78 is 0. The minimum absolute atomic E-state index is 0. The highest BCUT2D eigenvalue weighted by atomic mass is 35.5. The number of halogens is 1. The van der Waals surface area contributed by atoms with Crippen LogP contribution in [-0.2, 0) is 16.1 Å². The first-order valence-electron chi connectivity index (χ1n) is 8.44. The first-order chi connectivity index (χ1) is 11.1. The van der Waals surface area contributed by atoms with Gasteiger partial charge in [-0.2, -0.15) is 0 Å². The monoisotopic (exact) mass is 352 g/mol. The summed E-state index contributed by atoms with van der Waals surface area (Å²) in [5.41, 5.74) is 1.22. The maximum absolute atomic E-state index is 12.9. The van der Waals surface area contributed by atoms with Crippen molar-refractivity contribution in [3.8, 4) is 0 Å². The number of amides is 1. The summed E-state index contributed by atoms with van der Waals surface area (Å²) >= 11 is 0. The molecule has 24 heavy (non-hydrogen) atoms. The van der Waals surface area contributed by atoms with Gasteiger partial charge < -0.3 is 10.0 Å². The van der Waals surface area contributed by atoms with Crippen molar-refractivity contribution in [2.75, 3.05) is 19.6 Å². The zero-order chi connectivity index (χ0) is 16.2. The van der Waals surface area contributed by atoms with Crippen LogP contribution in [0.4, 0.5) is 0 Å². The first-order valence-corrected chi connectivity index (χ1v) is 8.44. The largest absolute Gasteiger partial charge is 0.481 e. The number of carboxylic acids is 1. The van der Waals surface area contributed by atoms with Gasteiger partial charge in [-0.15, -0.1) is 12.4 Å². The van der Waals surface area contributed by atoms with Gasteiger partial charge in [0, 0.05) is 19.6 Å². The Morgan fingerprint density at radius 2 is 1.83 bits per heavy atom. The molecule has 2 fully saturated rings. The summed E-state index contributed by atoms with van der Waals surface area (Å²) in [7, 11) is 0. The summed E-state index contributed by atoms with van der Waals surface area (Å²) in [4.78, 5) is 28.0. The van der Waals surface area contributed by atoms with Gasteiger partial charge in [-0.1, -0.05) is 36.8 Å². The zero-order valence-electron chi connectivity index (χ0n) is 13.8. The van der Waals surface area contributed by atoms with Crippen molar-refractivity contribution >= 4 is 24.3 Å². The minimum Gasteiger partial charge on any atom is -0.481 e. The van der Waals surface area contributed by atoms with Gasteiger partial charge in [0.15, 0.2) is 0 Å². The number of hydrogen-bond donors (Lipinski definition) is 1. The van der Waals surface area contributed by atoms with E-state index in [-0.39, 0.29) is 24.4 Å².